The third-order valence-corrected chi connectivity index (χ3v) is 7.48. The van der Waals surface area contributed by atoms with Crippen molar-refractivity contribution in [3.05, 3.63) is 0 Å². The molecule has 0 aromatic carbocycles. The predicted octanol–water partition coefficient (Wildman–Crippen LogP) is 2.67. The van der Waals surface area contributed by atoms with Crippen LogP contribution in [-0.4, -0.2) is 47.4 Å². The summed E-state index contributed by atoms with van der Waals surface area (Å²) < 4.78 is 15.6. The molecule has 18 heavy (non-hydrogen) atoms. The molecule has 0 fully saturated rings. The number of methoxy groups -OCH3 is 1. The monoisotopic (exact) mass is 294 g/mol. The highest BCUT2D eigenvalue weighted by Crippen LogP contribution is 2.25. The summed E-state index contributed by atoms with van der Waals surface area (Å²) in [6, 6.07) is 0.978. The van der Waals surface area contributed by atoms with Gasteiger partial charge in [-0.2, -0.15) is 11.8 Å². The number of carbonyl (C=O) groups excluding carboxylic acids is 1. The summed E-state index contributed by atoms with van der Waals surface area (Å²) in [5, 5.41) is 0. The van der Waals surface area contributed by atoms with Gasteiger partial charge >= 0.3 is 14.5 Å². The van der Waals surface area contributed by atoms with Crippen LogP contribution in [0.1, 0.15) is 20.3 Å². The highest BCUT2D eigenvalue weighted by atomic mass is 32.2. The fourth-order valence-corrected chi connectivity index (χ4v) is 4.22. The molecule has 0 radical (unpaired) electrons. The van der Waals surface area contributed by atoms with Gasteiger partial charge in [0.1, 0.15) is 0 Å². The lowest BCUT2D eigenvalue weighted by molar-refractivity contribution is -0.149. The van der Waals surface area contributed by atoms with E-state index in [-0.39, 0.29) is 5.97 Å². The minimum Gasteiger partial charge on any atom is -0.469 e. The molecule has 108 valence electrons. The Balaban J connectivity index is 3.84. The summed E-state index contributed by atoms with van der Waals surface area (Å²) in [6.45, 7) is 5.89. The van der Waals surface area contributed by atoms with Crippen molar-refractivity contribution in [3.63, 3.8) is 0 Å². The highest BCUT2D eigenvalue weighted by Gasteiger charge is 2.30. The summed E-state index contributed by atoms with van der Waals surface area (Å²) in [4.78, 5) is 11.5. The fraction of sp³-hybridized carbons (Fsp3) is 0.917. The Morgan fingerprint density at radius 1 is 1.22 bits per heavy atom. The van der Waals surface area contributed by atoms with Gasteiger partial charge in [0.25, 0.3) is 0 Å². The first-order valence-electron chi connectivity index (χ1n) is 6.08. The average molecular weight is 294 g/mol. The molecule has 0 spiro atoms. The van der Waals surface area contributed by atoms with E-state index in [1.807, 2.05) is 13.8 Å². The van der Waals surface area contributed by atoms with Crippen molar-refractivity contribution in [2.24, 2.45) is 5.41 Å². The van der Waals surface area contributed by atoms with Crippen LogP contribution < -0.4 is 0 Å². The Bertz CT molecular complexity index is 254. The van der Waals surface area contributed by atoms with E-state index in [1.165, 1.54) is 7.11 Å². The smallest absolute Gasteiger partial charge is 0.334 e. The summed E-state index contributed by atoms with van der Waals surface area (Å²) in [6.07, 6.45) is 1.05. The van der Waals surface area contributed by atoms with E-state index in [9.17, 15) is 4.79 Å². The lowest BCUT2D eigenvalue weighted by Gasteiger charge is -2.23. The van der Waals surface area contributed by atoms with Crippen LogP contribution in [0.4, 0.5) is 0 Å². The van der Waals surface area contributed by atoms with Crippen LogP contribution in [0.3, 0.4) is 0 Å². The molecule has 0 saturated carbocycles. The quantitative estimate of drug-likeness (QED) is 0.372. The zero-order valence-corrected chi connectivity index (χ0v) is 14.2. The molecule has 0 amide bonds. The van der Waals surface area contributed by atoms with Gasteiger partial charge in [-0.25, -0.2) is 0 Å². The lowest BCUT2D eigenvalue weighted by atomic mass is 9.97. The minimum atomic E-state index is -1.93. The van der Waals surface area contributed by atoms with Crippen molar-refractivity contribution < 1.29 is 18.4 Å². The first-order valence-corrected chi connectivity index (χ1v) is 9.75. The zero-order valence-electron chi connectivity index (χ0n) is 12.4. The van der Waals surface area contributed by atoms with Crippen molar-refractivity contribution in [1.82, 2.24) is 0 Å². The Kier molecular flexibility index (Phi) is 8.17. The number of thioether (sulfide) groups is 1. The second-order valence-corrected chi connectivity index (χ2v) is 9.76. The molecule has 0 bridgehead atoms. The first-order chi connectivity index (χ1) is 8.31. The van der Waals surface area contributed by atoms with Crippen molar-refractivity contribution in [3.8, 4) is 0 Å². The first kappa shape index (κ1) is 18.0. The number of esters is 1. The molecule has 0 aliphatic rings. The number of rotatable bonds is 9. The van der Waals surface area contributed by atoms with Crippen molar-refractivity contribution in [2.75, 3.05) is 32.8 Å². The van der Waals surface area contributed by atoms with Crippen LogP contribution in [-0.2, 0) is 18.4 Å². The van der Waals surface area contributed by atoms with Crippen molar-refractivity contribution >= 4 is 26.3 Å². The fourth-order valence-electron chi connectivity index (χ4n) is 1.45. The third kappa shape index (κ3) is 6.22. The molecule has 0 N–H and O–H groups in total. The van der Waals surface area contributed by atoms with Gasteiger partial charge < -0.3 is 13.6 Å². The summed E-state index contributed by atoms with van der Waals surface area (Å²) in [7, 11) is 2.93. The van der Waals surface area contributed by atoms with E-state index in [0.717, 1.165) is 24.0 Å². The van der Waals surface area contributed by atoms with Gasteiger partial charge in [-0.05, 0) is 38.6 Å². The molecule has 0 aliphatic heterocycles. The van der Waals surface area contributed by atoms with Crippen LogP contribution in [0.25, 0.3) is 0 Å². The maximum atomic E-state index is 11.5. The molecule has 4 nitrogen and oxygen atoms in total. The van der Waals surface area contributed by atoms with Gasteiger partial charge in [0.15, 0.2) is 0 Å². The molecular weight excluding hydrogens is 268 g/mol. The molecule has 0 saturated heterocycles. The SMILES string of the molecule is COC(=O)C(C)(C)CSCCC[Si](C)(OC)OC. The molecule has 0 aromatic heterocycles. The van der Waals surface area contributed by atoms with E-state index >= 15 is 0 Å². The largest absolute Gasteiger partial charge is 0.469 e. The average Bonchev–Trinajstić information content (AvgIpc) is 2.36. The Morgan fingerprint density at radius 3 is 2.22 bits per heavy atom. The number of hydrogen-bond acceptors (Lipinski definition) is 5. The number of carbonyl (C=O) groups is 1. The van der Waals surface area contributed by atoms with Crippen LogP contribution in [0.5, 0.6) is 0 Å². The summed E-state index contributed by atoms with van der Waals surface area (Å²) >= 11 is 1.78. The molecule has 0 unspecified atom stereocenters. The molecule has 0 atom stereocenters. The minimum absolute atomic E-state index is 0.150. The van der Waals surface area contributed by atoms with Crippen LogP contribution in [0.2, 0.25) is 12.6 Å². The lowest BCUT2D eigenvalue weighted by Crippen LogP contribution is -2.36. The van der Waals surface area contributed by atoms with Gasteiger partial charge in [0.2, 0.25) is 0 Å². The third-order valence-electron chi connectivity index (χ3n) is 2.98. The normalized spacial score (nSPS) is 12.6. The van der Waals surface area contributed by atoms with Gasteiger partial charge in [0, 0.05) is 20.0 Å². The van der Waals surface area contributed by atoms with E-state index < -0.39 is 14.0 Å². The van der Waals surface area contributed by atoms with E-state index in [4.69, 9.17) is 13.6 Å². The van der Waals surface area contributed by atoms with E-state index in [1.54, 1.807) is 26.0 Å². The topological polar surface area (TPSA) is 44.8 Å². The number of hydrogen-bond donors (Lipinski definition) is 0. The second-order valence-electron chi connectivity index (χ2n) is 5.07. The predicted molar refractivity (Wildman–Crippen MR) is 78.2 cm³/mol. The van der Waals surface area contributed by atoms with Crippen LogP contribution >= 0.6 is 11.8 Å². The Morgan fingerprint density at radius 2 is 1.78 bits per heavy atom. The van der Waals surface area contributed by atoms with E-state index in [2.05, 4.69) is 6.55 Å². The van der Waals surface area contributed by atoms with Gasteiger partial charge in [-0.1, -0.05) is 0 Å². The van der Waals surface area contributed by atoms with Crippen LogP contribution in [0.15, 0.2) is 0 Å². The van der Waals surface area contributed by atoms with Crippen LogP contribution in [0, 0.1) is 5.41 Å². The second kappa shape index (κ2) is 8.19. The standard InChI is InChI=1S/C12H26O4SSi/c1-12(2,11(13)14-3)10-17-8-7-9-18(6,15-4)16-5/h7-10H2,1-6H3. The molecule has 6 heteroatoms. The summed E-state index contributed by atoms with van der Waals surface area (Å²) in [5.41, 5.74) is -0.414. The molecule has 0 aliphatic carbocycles. The Labute approximate surface area is 116 Å². The molecule has 0 heterocycles. The summed E-state index contributed by atoms with van der Waals surface area (Å²) in [5.74, 6) is 1.64. The maximum Gasteiger partial charge on any atom is 0.334 e. The van der Waals surface area contributed by atoms with Gasteiger partial charge in [-0.15, -0.1) is 0 Å². The zero-order chi connectivity index (χ0) is 14.2. The highest BCUT2D eigenvalue weighted by molar-refractivity contribution is 7.99. The Hall–Kier alpha value is -0.0431. The number of ether oxygens (including phenoxy) is 1. The molecule has 0 aromatic rings. The van der Waals surface area contributed by atoms with E-state index in [0.29, 0.717) is 0 Å². The molecule has 0 rings (SSSR count). The maximum absolute atomic E-state index is 11.5. The van der Waals surface area contributed by atoms with Crippen molar-refractivity contribution in [2.45, 2.75) is 32.9 Å². The van der Waals surface area contributed by atoms with Crippen molar-refractivity contribution in [1.29, 1.82) is 0 Å². The van der Waals surface area contributed by atoms with Gasteiger partial charge in [-0.3, -0.25) is 4.79 Å². The molecular formula is C12H26O4SSi. The van der Waals surface area contributed by atoms with Gasteiger partial charge in [0.05, 0.1) is 12.5 Å².